The fraction of sp³-hybridized carbons (Fsp3) is 0.851. The third-order valence-corrected chi connectivity index (χ3v) is 10.3. The van der Waals surface area contributed by atoms with Gasteiger partial charge in [-0.1, -0.05) is 160 Å². The van der Waals surface area contributed by atoms with E-state index in [9.17, 15) is 19.5 Å². The number of likely N-dealkylation sites (N-methyl/N-ethyl adjacent to an activating group) is 1. The molecule has 2 atom stereocenters. The van der Waals surface area contributed by atoms with E-state index in [-0.39, 0.29) is 49.1 Å². The molecule has 0 N–H and O–H groups in total. The van der Waals surface area contributed by atoms with Crippen LogP contribution in [-0.2, 0) is 28.6 Å². The van der Waals surface area contributed by atoms with E-state index in [0.29, 0.717) is 12.8 Å². The molecule has 8 heteroatoms. The highest BCUT2D eigenvalue weighted by atomic mass is 16.6. The van der Waals surface area contributed by atoms with Crippen molar-refractivity contribution in [1.82, 2.24) is 0 Å². The summed E-state index contributed by atoms with van der Waals surface area (Å²) < 4.78 is 17.0. The number of carbonyl (C=O) groups is 3. The van der Waals surface area contributed by atoms with E-state index < -0.39 is 18.1 Å². The maximum Gasteiger partial charge on any atom is 0.306 e. The maximum atomic E-state index is 12.6. The summed E-state index contributed by atoms with van der Waals surface area (Å²) >= 11 is 0. The van der Waals surface area contributed by atoms with Crippen molar-refractivity contribution < 1.29 is 38.2 Å². The molecule has 0 aliphatic rings. The minimum atomic E-state index is -1.13. The number of hydrogen-bond donors (Lipinski definition) is 0. The molecule has 0 spiro atoms. The number of hydrogen-bond acceptors (Lipinski definition) is 7. The fourth-order valence-corrected chi connectivity index (χ4v) is 6.73. The Labute approximate surface area is 339 Å². The second-order valence-electron chi connectivity index (χ2n) is 16.6. The molecule has 0 aromatic heterocycles. The van der Waals surface area contributed by atoms with Crippen LogP contribution in [0.15, 0.2) is 24.3 Å². The lowest BCUT2D eigenvalue weighted by Crippen LogP contribution is -2.55. The number of nitrogens with zero attached hydrogens (tertiary/aromatic N) is 1. The van der Waals surface area contributed by atoms with Gasteiger partial charge in [0.1, 0.15) is 12.6 Å². The van der Waals surface area contributed by atoms with Crippen LogP contribution in [0.5, 0.6) is 0 Å². The van der Waals surface area contributed by atoms with Gasteiger partial charge in [-0.15, -0.1) is 0 Å². The van der Waals surface area contributed by atoms with Crippen LogP contribution in [-0.4, -0.2) is 75.5 Å². The zero-order chi connectivity index (χ0) is 40.7. The van der Waals surface area contributed by atoms with Crippen LogP contribution in [0.1, 0.15) is 206 Å². The molecule has 0 aliphatic carbocycles. The number of esters is 2. The van der Waals surface area contributed by atoms with Crippen LogP contribution < -0.4 is 5.11 Å². The number of carboxylic acid groups (broad SMARTS) is 1. The summed E-state index contributed by atoms with van der Waals surface area (Å²) in [7, 11) is 5.39. The Bertz CT molecular complexity index is 957. The molecule has 55 heavy (non-hydrogen) atoms. The van der Waals surface area contributed by atoms with Gasteiger partial charge in [-0.25, -0.2) is 0 Å². The van der Waals surface area contributed by atoms with Gasteiger partial charge in [0.25, 0.3) is 0 Å². The summed E-state index contributed by atoms with van der Waals surface area (Å²) in [6.45, 7) is 4.58. The molecule has 0 heterocycles. The zero-order valence-corrected chi connectivity index (χ0v) is 36.6. The van der Waals surface area contributed by atoms with E-state index in [4.69, 9.17) is 14.2 Å². The Morgan fingerprint density at radius 1 is 0.527 bits per heavy atom. The largest absolute Gasteiger partial charge is 0.544 e. The molecule has 0 radical (unpaired) electrons. The molecule has 0 fully saturated rings. The molecule has 0 bridgehead atoms. The summed E-state index contributed by atoms with van der Waals surface area (Å²) in [6.07, 6.45) is 42.4. The normalized spacial score (nSPS) is 13.1. The first kappa shape index (κ1) is 52.8. The highest BCUT2D eigenvalue weighted by molar-refractivity contribution is 5.70. The molecular weight excluding hydrogens is 691 g/mol. The van der Waals surface area contributed by atoms with Crippen molar-refractivity contribution in [1.29, 1.82) is 0 Å². The molecule has 0 saturated heterocycles. The summed E-state index contributed by atoms with van der Waals surface area (Å²) in [6, 6.07) is -0.728. The molecule has 8 nitrogen and oxygen atoms in total. The van der Waals surface area contributed by atoms with Crippen LogP contribution in [0.2, 0.25) is 0 Å². The van der Waals surface area contributed by atoms with Gasteiger partial charge in [-0.05, 0) is 51.4 Å². The van der Waals surface area contributed by atoms with Gasteiger partial charge in [-0.3, -0.25) is 9.59 Å². The SMILES string of the molecule is CCCCCC/C=C/CCC(=O)OC(COCCC(C(=O)[O-])[N+](C)(C)C)COC(=O)CCCCCCCCC/C=C/CCCCCCCCCCCCCC. The standard InChI is InChI=1S/C47H87NO7/c1-6-8-10-12-14-16-17-18-19-20-21-22-23-24-25-26-27-28-29-30-32-33-35-37-45(49)54-42-43(41-53-40-39-44(47(51)52)48(3,4)5)55-46(50)38-36-34-31-15-13-11-9-7-2/h24-25,31,34,43-44H,6-23,26-30,32-33,35-42H2,1-5H3/b25-24+,34-31+. The quantitative estimate of drug-likeness (QED) is 0.0264. The van der Waals surface area contributed by atoms with Crippen LogP contribution in [0, 0.1) is 0 Å². The average Bonchev–Trinajstić information content (AvgIpc) is 3.14. The summed E-state index contributed by atoms with van der Waals surface area (Å²) in [5.41, 5.74) is 0. The van der Waals surface area contributed by atoms with E-state index in [1.165, 1.54) is 135 Å². The summed E-state index contributed by atoms with van der Waals surface area (Å²) in [5.74, 6) is -1.80. The molecular formula is C47H87NO7. The van der Waals surface area contributed by atoms with Gasteiger partial charge in [-0.2, -0.15) is 0 Å². The van der Waals surface area contributed by atoms with Crippen molar-refractivity contribution in [2.24, 2.45) is 0 Å². The molecule has 322 valence electrons. The van der Waals surface area contributed by atoms with Gasteiger partial charge < -0.3 is 28.6 Å². The Balaban J connectivity index is 4.13. The molecule has 0 aromatic carbocycles. The van der Waals surface area contributed by atoms with Crippen molar-refractivity contribution in [2.45, 2.75) is 219 Å². The highest BCUT2D eigenvalue weighted by Gasteiger charge is 2.25. The van der Waals surface area contributed by atoms with E-state index in [1.807, 2.05) is 6.08 Å². The molecule has 0 saturated carbocycles. The predicted octanol–water partition coefficient (Wildman–Crippen LogP) is 11.1. The minimum absolute atomic E-state index is 0.0262. The summed E-state index contributed by atoms with van der Waals surface area (Å²) in [4.78, 5) is 36.7. The number of aliphatic carboxylic acids is 1. The number of quaternary nitrogens is 1. The fourth-order valence-electron chi connectivity index (χ4n) is 6.73. The lowest BCUT2D eigenvalue weighted by atomic mass is 10.0. The van der Waals surface area contributed by atoms with Crippen LogP contribution in [0.3, 0.4) is 0 Å². The molecule has 0 amide bonds. The zero-order valence-electron chi connectivity index (χ0n) is 36.6. The lowest BCUT2D eigenvalue weighted by molar-refractivity contribution is -0.889. The number of ether oxygens (including phenoxy) is 3. The second kappa shape index (κ2) is 38.7. The highest BCUT2D eigenvalue weighted by Crippen LogP contribution is 2.15. The Morgan fingerprint density at radius 3 is 1.40 bits per heavy atom. The van der Waals surface area contributed by atoms with Gasteiger partial charge >= 0.3 is 11.9 Å². The minimum Gasteiger partial charge on any atom is -0.544 e. The smallest absolute Gasteiger partial charge is 0.306 e. The van der Waals surface area contributed by atoms with Gasteiger partial charge in [0.05, 0.1) is 40.3 Å². The first-order valence-corrected chi connectivity index (χ1v) is 22.9. The van der Waals surface area contributed by atoms with Crippen LogP contribution in [0.4, 0.5) is 0 Å². The van der Waals surface area contributed by atoms with Crippen molar-refractivity contribution >= 4 is 17.9 Å². The van der Waals surface area contributed by atoms with Crippen molar-refractivity contribution in [3.05, 3.63) is 24.3 Å². The van der Waals surface area contributed by atoms with Crippen LogP contribution >= 0.6 is 0 Å². The maximum absolute atomic E-state index is 12.6. The van der Waals surface area contributed by atoms with Gasteiger partial charge in [0.15, 0.2) is 6.10 Å². The van der Waals surface area contributed by atoms with Crippen molar-refractivity contribution in [3.63, 3.8) is 0 Å². The van der Waals surface area contributed by atoms with E-state index in [0.717, 1.165) is 32.1 Å². The monoisotopic (exact) mass is 778 g/mol. The molecule has 2 unspecified atom stereocenters. The molecule has 0 rings (SSSR count). The lowest BCUT2D eigenvalue weighted by Gasteiger charge is -2.34. The number of unbranched alkanes of at least 4 members (excludes halogenated alkanes) is 23. The Morgan fingerprint density at radius 2 is 0.945 bits per heavy atom. The third kappa shape index (κ3) is 37.2. The number of rotatable bonds is 41. The topological polar surface area (TPSA) is 102 Å². The first-order valence-electron chi connectivity index (χ1n) is 22.9. The van der Waals surface area contributed by atoms with Crippen LogP contribution in [0.25, 0.3) is 0 Å². The molecule has 0 aliphatic heterocycles. The van der Waals surface area contributed by atoms with Gasteiger partial charge in [0, 0.05) is 19.3 Å². The number of carboxylic acids is 1. The van der Waals surface area contributed by atoms with E-state index in [1.54, 1.807) is 21.1 Å². The Kier molecular flexibility index (Phi) is 37.1. The average molecular weight is 778 g/mol. The summed E-state index contributed by atoms with van der Waals surface area (Å²) in [5, 5.41) is 11.6. The van der Waals surface area contributed by atoms with E-state index in [2.05, 4.69) is 32.1 Å². The van der Waals surface area contributed by atoms with E-state index >= 15 is 0 Å². The third-order valence-electron chi connectivity index (χ3n) is 10.3. The molecule has 0 aromatic rings. The van der Waals surface area contributed by atoms with Crippen molar-refractivity contribution in [2.75, 3.05) is 41.0 Å². The number of allylic oxidation sites excluding steroid dienone is 4. The number of carbonyl (C=O) groups excluding carboxylic acids is 3. The van der Waals surface area contributed by atoms with Crippen molar-refractivity contribution in [3.8, 4) is 0 Å². The Hall–Kier alpha value is -2.19. The predicted molar refractivity (Wildman–Crippen MR) is 227 cm³/mol. The first-order chi connectivity index (χ1) is 26.6. The second-order valence-corrected chi connectivity index (χ2v) is 16.6. The van der Waals surface area contributed by atoms with Gasteiger partial charge in [0.2, 0.25) is 0 Å².